The Balaban J connectivity index is 2.13. The number of hydrogen-bond donors (Lipinski definition) is 0. The number of amides is 1. The molecule has 0 aliphatic carbocycles. The minimum Gasteiger partial charge on any atom is -0.343 e. The van der Waals surface area contributed by atoms with Crippen molar-refractivity contribution in [1.29, 1.82) is 0 Å². The summed E-state index contributed by atoms with van der Waals surface area (Å²) in [6, 6.07) is 16.6. The third-order valence-corrected chi connectivity index (χ3v) is 4.70. The molecule has 3 aromatic rings. The molecule has 1 amide bonds. The number of aromatic nitrogens is 1. The molecule has 0 saturated heterocycles. The summed E-state index contributed by atoms with van der Waals surface area (Å²) in [6.07, 6.45) is 1.33. The van der Waals surface area contributed by atoms with Crippen molar-refractivity contribution < 1.29 is 4.79 Å². The van der Waals surface area contributed by atoms with Gasteiger partial charge in [-0.25, -0.2) is 0 Å². The largest absolute Gasteiger partial charge is 0.343 e. The molecule has 1 aliphatic heterocycles. The van der Waals surface area contributed by atoms with Crippen LogP contribution in [-0.4, -0.2) is 17.5 Å². The molecule has 0 saturated carbocycles. The van der Waals surface area contributed by atoms with Crippen molar-refractivity contribution in [2.45, 2.75) is 12.8 Å². The van der Waals surface area contributed by atoms with Gasteiger partial charge in [0.25, 0.3) is 0 Å². The average Bonchev–Trinajstić information content (AvgIpc) is 2.83. The molecule has 3 heteroatoms. The Labute approximate surface area is 129 Å². The predicted octanol–water partition coefficient (Wildman–Crippen LogP) is 3.75. The summed E-state index contributed by atoms with van der Waals surface area (Å²) in [6.45, 7) is 0. The second kappa shape index (κ2) is 4.73. The molecule has 0 atom stereocenters. The van der Waals surface area contributed by atoms with Crippen LogP contribution in [0.1, 0.15) is 12.0 Å². The minimum absolute atomic E-state index is 0.172. The fourth-order valence-corrected chi connectivity index (χ4v) is 3.57. The van der Waals surface area contributed by atoms with Crippen molar-refractivity contribution in [2.75, 3.05) is 11.9 Å². The summed E-state index contributed by atoms with van der Waals surface area (Å²) in [5.74, 6) is 0.172. The van der Waals surface area contributed by atoms with Crippen molar-refractivity contribution in [2.24, 2.45) is 7.05 Å². The van der Waals surface area contributed by atoms with Gasteiger partial charge < -0.3 is 9.47 Å². The van der Waals surface area contributed by atoms with Crippen LogP contribution >= 0.6 is 0 Å². The van der Waals surface area contributed by atoms with Crippen molar-refractivity contribution in [1.82, 2.24) is 4.57 Å². The van der Waals surface area contributed by atoms with E-state index in [1.54, 1.807) is 4.90 Å². The van der Waals surface area contributed by atoms with Crippen LogP contribution < -0.4 is 4.90 Å². The number of nitrogens with zero attached hydrogens (tertiary/aromatic N) is 2. The molecule has 2 heterocycles. The highest BCUT2D eigenvalue weighted by Crippen LogP contribution is 2.40. The van der Waals surface area contributed by atoms with Gasteiger partial charge in [-0.3, -0.25) is 4.79 Å². The Bertz CT molecular complexity index is 892. The summed E-state index contributed by atoms with van der Waals surface area (Å²) >= 11 is 0. The SMILES string of the molecule is CN1C(=O)CCc2c(n(C)c3ccccc23)-c2ccccc21. The van der Waals surface area contributed by atoms with E-state index in [2.05, 4.69) is 41.9 Å². The lowest BCUT2D eigenvalue weighted by molar-refractivity contribution is -0.118. The van der Waals surface area contributed by atoms with Gasteiger partial charge in [0, 0.05) is 37.0 Å². The first-order valence-electron chi connectivity index (χ1n) is 7.60. The van der Waals surface area contributed by atoms with Gasteiger partial charge in [0.15, 0.2) is 0 Å². The molecule has 0 unspecified atom stereocenters. The molecular formula is C19H18N2O. The van der Waals surface area contributed by atoms with Crippen molar-refractivity contribution >= 4 is 22.5 Å². The third kappa shape index (κ3) is 1.72. The van der Waals surface area contributed by atoms with E-state index in [0.717, 1.165) is 17.7 Å². The Hall–Kier alpha value is -2.55. The van der Waals surface area contributed by atoms with E-state index in [9.17, 15) is 4.79 Å². The lowest BCUT2D eigenvalue weighted by Gasteiger charge is -2.24. The van der Waals surface area contributed by atoms with Gasteiger partial charge >= 0.3 is 0 Å². The van der Waals surface area contributed by atoms with E-state index >= 15 is 0 Å². The van der Waals surface area contributed by atoms with Crippen LogP contribution in [0.2, 0.25) is 0 Å². The molecule has 0 fully saturated rings. The summed E-state index contributed by atoms with van der Waals surface area (Å²) in [7, 11) is 3.98. The van der Waals surface area contributed by atoms with Crippen molar-refractivity contribution in [3.63, 3.8) is 0 Å². The van der Waals surface area contributed by atoms with Gasteiger partial charge in [0.05, 0.1) is 11.4 Å². The lowest BCUT2D eigenvalue weighted by Crippen LogP contribution is -2.28. The molecule has 2 aromatic carbocycles. The normalized spacial score (nSPS) is 14.5. The standard InChI is InChI=1S/C19H18N2O/c1-20-17-10-6-4-8-15(17)19-14(11-12-18(20)22)13-7-3-5-9-16(13)21(19)2/h3-10H,11-12H2,1-2H3. The number of anilines is 1. The van der Waals surface area contributed by atoms with Crippen molar-refractivity contribution in [3.05, 3.63) is 54.1 Å². The zero-order chi connectivity index (χ0) is 15.3. The number of aryl methyl sites for hydroxylation is 2. The Morgan fingerprint density at radius 2 is 1.64 bits per heavy atom. The lowest BCUT2D eigenvalue weighted by atomic mass is 9.97. The summed E-state index contributed by atoms with van der Waals surface area (Å²) in [5.41, 5.74) is 5.86. The zero-order valence-corrected chi connectivity index (χ0v) is 12.8. The number of hydrogen-bond acceptors (Lipinski definition) is 1. The second-order valence-electron chi connectivity index (χ2n) is 5.87. The molecule has 1 aromatic heterocycles. The molecule has 0 radical (unpaired) electrons. The van der Waals surface area contributed by atoms with Gasteiger partial charge in [-0.05, 0) is 24.1 Å². The summed E-state index contributed by atoms with van der Waals surface area (Å²) in [5, 5.41) is 1.26. The first-order valence-corrected chi connectivity index (χ1v) is 7.60. The maximum atomic E-state index is 12.4. The van der Waals surface area contributed by atoms with Crippen LogP contribution in [0.3, 0.4) is 0 Å². The van der Waals surface area contributed by atoms with Crippen LogP contribution in [0.4, 0.5) is 5.69 Å². The molecule has 4 rings (SSSR count). The molecule has 110 valence electrons. The molecule has 0 N–H and O–H groups in total. The number of carbonyl (C=O) groups is 1. The maximum absolute atomic E-state index is 12.4. The van der Waals surface area contributed by atoms with Crippen LogP contribution in [0.5, 0.6) is 0 Å². The predicted molar refractivity (Wildman–Crippen MR) is 90.1 cm³/mol. The number of para-hydroxylation sites is 2. The van der Waals surface area contributed by atoms with E-state index in [1.807, 2.05) is 25.2 Å². The summed E-state index contributed by atoms with van der Waals surface area (Å²) in [4.78, 5) is 14.2. The van der Waals surface area contributed by atoms with Gasteiger partial charge in [0.1, 0.15) is 0 Å². The van der Waals surface area contributed by atoms with E-state index in [-0.39, 0.29) is 5.91 Å². The van der Waals surface area contributed by atoms with Gasteiger partial charge in [-0.1, -0.05) is 36.4 Å². The molecule has 3 nitrogen and oxygen atoms in total. The molecule has 0 bridgehead atoms. The third-order valence-electron chi connectivity index (χ3n) is 4.70. The Kier molecular flexibility index (Phi) is 2.83. The highest BCUT2D eigenvalue weighted by molar-refractivity contribution is 6.02. The zero-order valence-electron chi connectivity index (χ0n) is 12.8. The van der Waals surface area contributed by atoms with Crippen LogP contribution in [-0.2, 0) is 18.3 Å². The number of benzene rings is 2. The van der Waals surface area contributed by atoms with Crippen LogP contribution in [0, 0.1) is 0 Å². The van der Waals surface area contributed by atoms with Crippen LogP contribution in [0.25, 0.3) is 22.2 Å². The number of carbonyl (C=O) groups excluding carboxylic acids is 1. The molecular weight excluding hydrogens is 272 g/mol. The van der Waals surface area contributed by atoms with E-state index in [0.29, 0.717) is 6.42 Å². The molecule has 1 aliphatic rings. The quantitative estimate of drug-likeness (QED) is 0.619. The number of fused-ring (bicyclic) bond motifs is 5. The highest BCUT2D eigenvalue weighted by Gasteiger charge is 2.25. The molecule has 0 spiro atoms. The number of rotatable bonds is 0. The fraction of sp³-hybridized carbons (Fsp3) is 0.211. The smallest absolute Gasteiger partial charge is 0.227 e. The first kappa shape index (κ1) is 13.1. The van der Waals surface area contributed by atoms with E-state index in [4.69, 9.17) is 0 Å². The first-order chi connectivity index (χ1) is 10.7. The van der Waals surface area contributed by atoms with Crippen LogP contribution in [0.15, 0.2) is 48.5 Å². The highest BCUT2D eigenvalue weighted by atomic mass is 16.2. The average molecular weight is 290 g/mol. The van der Waals surface area contributed by atoms with Crippen molar-refractivity contribution in [3.8, 4) is 11.3 Å². The minimum atomic E-state index is 0.172. The van der Waals surface area contributed by atoms with E-state index < -0.39 is 0 Å². The van der Waals surface area contributed by atoms with Gasteiger partial charge in [0.2, 0.25) is 5.91 Å². The van der Waals surface area contributed by atoms with Gasteiger partial charge in [-0.2, -0.15) is 0 Å². The molecule has 22 heavy (non-hydrogen) atoms. The maximum Gasteiger partial charge on any atom is 0.227 e. The second-order valence-corrected chi connectivity index (χ2v) is 5.87. The van der Waals surface area contributed by atoms with Gasteiger partial charge in [-0.15, -0.1) is 0 Å². The Morgan fingerprint density at radius 1 is 0.909 bits per heavy atom. The summed E-state index contributed by atoms with van der Waals surface area (Å²) < 4.78 is 2.26. The fourth-order valence-electron chi connectivity index (χ4n) is 3.57. The Morgan fingerprint density at radius 3 is 2.50 bits per heavy atom. The van der Waals surface area contributed by atoms with E-state index in [1.165, 1.54) is 22.2 Å². The topological polar surface area (TPSA) is 25.2 Å². The monoisotopic (exact) mass is 290 g/mol.